The van der Waals surface area contributed by atoms with Crippen molar-refractivity contribution in [2.45, 2.75) is 31.0 Å². The van der Waals surface area contributed by atoms with E-state index in [9.17, 15) is 15.0 Å². The highest BCUT2D eigenvalue weighted by Crippen LogP contribution is 2.30. The average molecular weight is 300 g/mol. The molecule has 1 aliphatic heterocycles. The first-order chi connectivity index (χ1) is 10.1. The van der Waals surface area contributed by atoms with Gasteiger partial charge in [0.2, 0.25) is 0 Å². The van der Waals surface area contributed by atoms with Crippen LogP contribution in [0.4, 0.5) is 5.82 Å². The maximum absolute atomic E-state index is 11.8. The van der Waals surface area contributed by atoms with Gasteiger partial charge in [-0.1, -0.05) is 0 Å². The summed E-state index contributed by atoms with van der Waals surface area (Å²) in [5.74, 6) is 0.0817. The number of nitrogens with two attached hydrogens (primary N) is 2. The van der Waals surface area contributed by atoms with E-state index < -0.39 is 30.2 Å². The lowest BCUT2D eigenvalue weighted by Gasteiger charge is -2.20. The molecule has 2 heterocycles. The van der Waals surface area contributed by atoms with E-state index >= 15 is 0 Å². The Hall–Kier alpha value is -1.52. The van der Waals surface area contributed by atoms with E-state index in [0.29, 0.717) is 19.6 Å². The fourth-order valence-electron chi connectivity index (χ4n) is 2.22. The zero-order valence-electron chi connectivity index (χ0n) is 11.5. The molecule has 0 spiro atoms. The van der Waals surface area contributed by atoms with Crippen molar-refractivity contribution in [3.8, 4) is 0 Å². The molecule has 9 heteroatoms. The summed E-state index contributed by atoms with van der Waals surface area (Å²) in [5.41, 5.74) is 10.2. The molecule has 1 saturated heterocycles. The van der Waals surface area contributed by atoms with Gasteiger partial charge >= 0.3 is 5.69 Å². The number of aliphatic hydroxyl groups is 2. The van der Waals surface area contributed by atoms with E-state index in [2.05, 4.69) is 4.98 Å². The molecule has 0 aliphatic carbocycles. The van der Waals surface area contributed by atoms with Crippen LogP contribution in [0.2, 0.25) is 0 Å². The highest BCUT2D eigenvalue weighted by atomic mass is 16.6. The molecule has 0 amide bonds. The first-order valence-electron chi connectivity index (χ1n) is 6.69. The summed E-state index contributed by atoms with van der Waals surface area (Å²) < 4.78 is 12.1. The second-order valence-corrected chi connectivity index (χ2v) is 4.76. The monoisotopic (exact) mass is 300 g/mol. The summed E-state index contributed by atoms with van der Waals surface area (Å²) in [6, 6.07) is 1.42. The molecule has 1 aliphatic rings. The van der Waals surface area contributed by atoms with Crippen molar-refractivity contribution in [1.82, 2.24) is 9.55 Å². The maximum atomic E-state index is 11.8. The lowest BCUT2D eigenvalue weighted by Crippen LogP contribution is -2.38. The van der Waals surface area contributed by atoms with Crippen LogP contribution in [-0.4, -0.2) is 57.8 Å². The summed E-state index contributed by atoms with van der Waals surface area (Å²) in [7, 11) is 0. The molecule has 2 rings (SSSR count). The number of hydrogen-bond donors (Lipinski definition) is 4. The van der Waals surface area contributed by atoms with Crippen molar-refractivity contribution in [1.29, 1.82) is 0 Å². The number of hydrogen-bond acceptors (Lipinski definition) is 8. The van der Waals surface area contributed by atoms with E-state index in [1.807, 2.05) is 0 Å². The van der Waals surface area contributed by atoms with Crippen molar-refractivity contribution in [3.63, 3.8) is 0 Å². The van der Waals surface area contributed by atoms with E-state index in [-0.39, 0.29) is 12.4 Å². The smallest absolute Gasteiger partial charge is 0.351 e. The van der Waals surface area contributed by atoms with E-state index in [1.165, 1.54) is 12.3 Å². The predicted octanol–water partition coefficient (Wildman–Crippen LogP) is -2.19. The molecule has 0 saturated carbocycles. The van der Waals surface area contributed by atoms with Crippen molar-refractivity contribution in [3.05, 3.63) is 22.7 Å². The molecule has 21 heavy (non-hydrogen) atoms. The summed E-state index contributed by atoms with van der Waals surface area (Å²) in [5, 5.41) is 19.6. The van der Waals surface area contributed by atoms with E-state index in [0.717, 1.165) is 4.57 Å². The molecule has 9 nitrogen and oxygen atoms in total. The first kappa shape index (κ1) is 15.9. The Labute approximate surface area is 121 Å². The van der Waals surface area contributed by atoms with Crippen molar-refractivity contribution < 1.29 is 19.7 Å². The van der Waals surface area contributed by atoms with Gasteiger partial charge in [0.15, 0.2) is 6.23 Å². The van der Waals surface area contributed by atoms with Crippen molar-refractivity contribution in [2.75, 3.05) is 25.5 Å². The van der Waals surface area contributed by atoms with Crippen molar-refractivity contribution in [2.24, 2.45) is 5.73 Å². The predicted molar refractivity (Wildman–Crippen MR) is 73.3 cm³/mol. The van der Waals surface area contributed by atoms with Crippen LogP contribution in [0.5, 0.6) is 0 Å². The SMILES string of the molecule is NCCCOC1C(O)[C@H](n2ccc(N)nc2=O)O[C@@H]1CO. The number of anilines is 1. The Morgan fingerprint density at radius 3 is 2.90 bits per heavy atom. The molecule has 1 aromatic rings. The summed E-state index contributed by atoms with van der Waals surface area (Å²) in [6.07, 6.45) is -1.55. The van der Waals surface area contributed by atoms with Gasteiger partial charge in [-0.15, -0.1) is 0 Å². The second-order valence-electron chi connectivity index (χ2n) is 4.76. The molecule has 2 unspecified atom stereocenters. The van der Waals surface area contributed by atoms with E-state index in [1.54, 1.807) is 0 Å². The zero-order chi connectivity index (χ0) is 15.4. The molecule has 118 valence electrons. The molecule has 0 radical (unpaired) electrons. The third-order valence-electron chi connectivity index (χ3n) is 3.27. The molecule has 0 bridgehead atoms. The Balaban J connectivity index is 2.16. The maximum Gasteiger partial charge on any atom is 0.351 e. The first-order valence-corrected chi connectivity index (χ1v) is 6.69. The van der Waals surface area contributed by atoms with Crippen LogP contribution in [0.3, 0.4) is 0 Å². The Bertz CT molecular complexity index is 523. The molecule has 1 aromatic heterocycles. The second kappa shape index (κ2) is 6.96. The van der Waals surface area contributed by atoms with Gasteiger partial charge in [-0.3, -0.25) is 4.57 Å². The lowest BCUT2D eigenvalue weighted by molar-refractivity contribution is -0.0622. The molecule has 6 N–H and O–H groups in total. The number of aliphatic hydroxyl groups excluding tert-OH is 2. The number of nitrogen functional groups attached to an aromatic ring is 1. The normalized spacial score (nSPS) is 28.9. The Morgan fingerprint density at radius 2 is 2.29 bits per heavy atom. The molecule has 0 aromatic carbocycles. The lowest BCUT2D eigenvalue weighted by atomic mass is 10.1. The number of nitrogens with zero attached hydrogens (tertiary/aromatic N) is 2. The van der Waals surface area contributed by atoms with Crippen LogP contribution < -0.4 is 17.2 Å². The summed E-state index contributed by atoms with van der Waals surface area (Å²) >= 11 is 0. The van der Waals surface area contributed by atoms with Gasteiger partial charge in [-0.05, 0) is 19.0 Å². The summed E-state index contributed by atoms with van der Waals surface area (Å²) in [4.78, 5) is 15.4. The highest BCUT2D eigenvalue weighted by molar-refractivity contribution is 5.23. The van der Waals surface area contributed by atoms with Crippen LogP contribution in [-0.2, 0) is 9.47 Å². The van der Waals surface area contributed by atoms with Gasteiger partial charge in [-0.2, -0.15) is 4.98 Å². The minimum Gasteiger partial charge on any atom is -0.394 e. The van der Waals surface area contributed by atoms with Crippen LogP contribution in [0.1, 0.15) is 12.6 Å². The molecular formula is C12H20N4O5. The van der Waals surface area contributed by atoms with Crippen LogP contribution >= 0.6 is 0 Å². The van der Waals surface area contributed by atoms with Gasteiger partial charge in [0, 0.05) is 12.8 Å². The van der Waals surface area contributed by atoms with Gasteiger partial charge in [0.1, 0.15) is 24.1 Å². The third kappa shape index (κ3) is 3.39. The standard InChI is InChI=1S/C12H20N4O5/c13-3-1-5-20-10-7(6-17)21-11(9(10)18)16-4-2-8(14)15-12(16)19/h2,4,7,9-11,17-18H,1,3,5-6,13H2,(H2,14,15,19)/t7-,9?,10?,11-/m1/s1. The number of ether oxygens (including phenoxy) is 2. The fraction of sp³-hybridized carbons (Fsp3) is 0.667. The minimum atomic E-state index is -1.11. The zero-order valence-corrected chi connectivity index (χ0v) is 11.5. The van der Waals surface area contributed by atoms with Crippen LogP contribution in [0.15, 0.2) is 17.1 Å². The fourth-order valence-corrected chi connectivity index (χ4v) is 2.22. The highest BCUT2D eigenvalue weighted by Gasteiger charge is 2.45. The topological polar surface area (TPSA) is 146 Å². The van der Waals surface area contributed by atoms with Crippen molar-refractivity contribution >= 4 is 5.82 Å². The molecule has 1 fully saturated rings. The van der Waals surface area contributed by atoms with Gasteiger partial charge < -0.3 is 31.2 Å². The molecule has 4 atom stereocenters. The average Bonchev–Trinajstić information content (AvgIpc) is 2.76. The third-order valence-corrected chi connectivity index (χ3v) is 3.27. The largest absolute Gasteiger partial charge is 0.394 e. The number of rotatable bonds is 6. The Kier molecular flexibility index (Phi) is 5.26. The van der Waals surface area contributed by atoms with Gasteiger partial charge in [0.05, 0.1) is 6.61 Å². The summed E-state index contributed by atoms with van der Waals surface area (Å²) in [6.45, 7) is 0.454. The Morgan fingerprint density at radius 1 is 1.52 bits per heavy atom. The van der Waals surface area contributed by atoms with Gasteiger partial charge in [-0.25, -0.2) is 4.79 Å². The minimum absolute atomic E-state index is 0.0817. The van der Waals surface area contributed by atoms with Crippen LogP contribution in [0.25, 0.3) is 0 Å². The number of aromatic nitrogens is 2. The van der Waals surface area contributed by atoms with E-state index in [4.69, 9.17) is 20.9 Å². The van der Waals surface area contributed by atoms with Crippen LogP contribution in [0, 0.1) is 0 Å². The van der Waals surface area contributed by atoms with Gasteiger partial charge in [0.25, 0.3) is 0 Å². The molecular weight excluding hydrogens is 280 g/mol. The quantitative estimate of drug-likeness (QED) is 0.433.